The maximum atomic E-state index is 12.0. The number of aliphatic imine (C=N–C) groups is 1. The molecule has 13 nitrogen and oxygen atoms in total. The van der Waals surface area contributed by atoms with E-state index in [-0.39, 0.29) is 11.3 Å². The first kappa shape index (κ1) is 24.6. The molecule has 0 saturated carbocycles. The Bertz CT molecular complexity index is 1650. The van der Waals surface area contributed by atoms with Gasteiger partial charge >= 0.3 is 0 Å². The Morgan fingerprint density at radius 1 is 0.781 bits per heavy atom. The molecule has 0 bridgehead atoms. The van der Waals surface area contributed by atoms with E-state index in [1.807, 2.05) is 0 Å². The third kappa shape index (κ3) is 4.17. The van der Waals surface area contributed by atoms with Crippen LogP contribution in [-0.4, -0.2) is 63.3 Å². The van der Waals surface area contributed by atoms with Gasteiger partial charge in [0.2, 0.25) is 0 Å². The second-order valence-electron chi connectivity index (χ2n) is 7.30. The van der Waals surface area contributed by atoms with Crippen molar-refractivity contribution in [2.24, 2.45) is 4.99 Å². The van der Waals surface area contributed by atoms with Crippen molar-refractivity contribution in [2.45, 2.75) is 33.9 Å². The Hall–Kier alpha value is -1.99. The van der Waals surface area contributed by atoms with Crippen LogP contribution in [0.3, 0.4) is 0 Å². The Kier molecular flexibility index (Phi) is 5.39. The minimum atomic E-state index is -5.23. The molecule has 32 heavy (non-hydrogen) atoms. The molecule has 4 N–H and O–H groups in total. The van der Waals surface area contributed by atoms with E-state index in [1.165, 1.54) is 13.8 Å². The van der Waals surface area contributed by atoms with E-state index in [0.717, 1.165) is 6.07 Å². The molecule has 0 saturated heterocycles. The van der Waals surface area contributed by atoms with Gasteiger partial charge in [0.25, 0.3) is 40.5 Å². The van der Waals surface area contributed by atoms with Crippen molar-refractivity contribution in [1.29, 1.82) is 0 Å². The summed E-state index contributed by atoms with van der Waals surface area (Å²) in [6, 6.07) is 1.69. The van der Waals surface area contributed by atoms with Gasteiger partial charge < -0.3 is 0 Å². The average molecular weight is 530 g/mol. The van der Waals surface area contributed by atoms with Crippen molar-refractivity contribution >= 4 is 62.6 Å². The molecule has 0 amide bonds. The zero-order chi connectivity index (χ0) is 24.7. The van der Waals surface area contributed by atoms with Gasteiger partial charge in [-0.1, -0.05) is 0 Å². The van der Waals surface area contributed by atoms with Gasteiger partial charge in [-0.2, -0.15) is 33.7 Å². The standard InChI is InChI=1S/C15H15NO12S4/c1-7-15(2,6-29(17,18)19)13-10-3-8(30(20,21)22)4-11(31(23,24)25)9(10)5-12(14(13)16-7)32(26,27)28/h3-5H,6H2,1-2H3,(H,17,18,19)(H,20,21,22)(H,23,24,25)(H,26,27,28). The Morgan fingerprint density at radius 3 is 1.75 bits per heavy atom. The molecule has 3 rings (SSSR count). The van der Waals surface area contributed by atoms with E-state index in [4.69, 9.17) is 0 Å². The molecule has 0 aliphatic carbocycles. The van der Waals surface area contributed by atoms with Crippen LogP contribution in [0, 0.1) is 0 Å². The van der Waals surface area contributed by atoms with Gasteiger partial charge in [0, 0.05) is 16.5 Å². The van der Waals surface area contributed by atoms with Gasteiger partial charge in [0.05, 0.1) is 16.3 Å². The van der Waals surface area contributed by atoms with E-state index in [9.17, 15) is 51.9 Å². The highest BCUT2D eigenvalue weighted by Gasteiger charge is 2.44. The summed E-state index contributed by atoms with van der Waals surface area (Å²) >= 11 is 0. The highest BCUT2D eigenvalue weighted by atomic mass is 32.2. The van der Waals surface area contributed by atoms with Crippen LogP contribution in [0.15, 0.2) is 37.9 Å². The molecule has 0 fully saturated rings. The van der Waals surface area contributed by atoms with Crippen LogP contribution >= 0.6 is 0 Å². The van der Waals surface area contributed by atoms with Crippen molar-refractivity contribution in [3.63, 3.8) is 0 Å². The number of hydrogen-bond donors (Lipinski definition) is 4. The van der Waals surface area contributed by atoms with Gasteiger partial charge in [-0.25, -0.2) is 0 Å². The molecule has 0 spiro atoms. The number of hydrogen-bond acceptors (Lipinski definition) is 9. The van der Waals surface area contributed by atoms with Crippen molar-refractivity contribution in [1.82, 2.24) is 0 Å². The maximum Gasteiger partial charge on any atom is 0.296 e. The van der Waals surface area contributed by atoms with Gasteiger partial charge in [-0.3, -0.25) is 23.2 Å². The number of nitrogens with zero attached hydrogens (tertiary/aromatic N) is 1. The fraction of sp³-hybridized carbons (Fsp3) is 0.267. The minimum Gasteiger partial charge on any atom is -0.286 e. The first-order chi connectivity index (χ1) is 14.2. The summed E-state index contributed by atoms with van der Waals surface area (Å²) in [6.45, 7) is 2.47. The smallest absolute Gasteiger partial charge is 0.286 e. The quantitative estimate of drug-likeness (QED) is 0.395. The van der Waals surface area contributed by atoms with Crippen LogP contribution < -0.4 is 0 Å². The Morgan fingerprint density at radius 2 is 1.31 bits per heavy atom. The van der Waals surface area contributed by atoms with Gasteiger partial charge in [0.1, 0.15) is 9.79 Å². The normalized spacial score (nSPS) is 19.8. The molecular weight excluding hydrogens is 514 g/mol. The largest absolute Gasteiger partial charge is 0.296 e. The summed E-state index contributed by atoms with van der Waals surface area (Å²) in [6.07, 6.45) is 0. The molecule has 0 aromatic heterocycles. The lowest BCUT2D eigenvalue weighted by atomic mass is 9.79. The van der Waals surface area contributed by atoms with Gasteiger partial charge in [-0.05, 0) is 43.0 Å². The number of benzene rings is 2. The molecule has 1 unspecified atom stereocenters. The van der Waals surface area contributed by atoms with Crippen molar-refractivity contribution in [3.05, 3.63) is 23.8 Å². The molecule has 17 heteroatoms. The predicted octanol–water partition coefficient (Wildman–Crippen LogP) is 0.831. The summed E-state index contributed by atoms with van der Waals surface area (Å²) < 4.78 is 133. The average Bonchev–Trinajstić information content (AvgIpc) is 2.79. The molecule has 2 aromatic carbocycles. The van der Waals surface area contributed by atoms with Crippen LogP contribution in [0.25, 0.3) is 10.8 Å². The molecule has 1 heterocycles. The lowest BCUT2D eigenvalue weighted by Crippen LogP contribution is -2.36. The van der Waals surface area contributed by atoms with E-state index in [2.05, 4.69) is 4.99 Å². The van der Waals surface area contributed by atoms with Crippen LogP contribution in [-0.2, 0) is 45.9 Å². The van der Waals surface area contributed by atoms with Crippen molar-refractivity contribution in [3.8, 4) is 0 Å². The SMILES string of the molecule is CC1=Nc2c(S(=O)(=O)O)cc3c(S(=O)(=O)O)cc(S(=O)(=O)O)cc3c2C1(C)CS(=O)(=O)O. The molecular formula is C15H15NO12S4. The highest BCUT2D eigenvalue weighted by molar-refractivity contribution is 7.87. The lowest BCUT2D eigenvalue weighted by molar-refractivity contribution is 0.472. The van der Waals surface area contributed by atoms with Gasteiger partial charge in [0.15, 0.2) is 0 Å². The van der Waals surface area contributed by atoms with Crippen molar-refractivity contribution < 1.29 is 51.9 Å². The van der Waals surface area contributed by atoms with Crippen LogP contribution in [0.5, 0.6) is 0 Å². The second kappa shape index (κ2) is 7.00. The zero-order valence-corrected chi connectivity index (χ0v) is 19.3. The van der Waals surface area contributed by atoms with Crippen molar-refractivity contribution in [2.75, 3.05) is 5.75 Å². The predicted molar refractivity (Wildman–Crippen MR) is 110 cm³/mol. The first-order valence-electron chi connectivity index (χ1n) is 8.25. The third-order valence-electron chi connectivity index (χ3n) is 5.09. The molecule has 0 radical (unpaired) electrons. The third-order valence-corrected chi connectivity index (χ3v) is 8.62. The topological polar surface area (TPSA) is 230 Å². The van der Waals surface area contributed by atoms with E-state index in [0.29, 0.717) is 12.1 Å². The lowest BCUT2D eigenvalue weighted by Gasteiger charge is -2.26. The van der Waals surface area contributed by atoms with E-state index < -0.39 is 82.8 Å². The zero-order valence-electron chi connectivity index (χ0n) is 16.1. The number of fused-ring (bicyclic) bond motifs is 3. The van der Waals surface area contributed by atoms with E-state index >= 15 is 0 Å². The fourth-order valence-electron chi connectivity index (χ4n) is 3.65. The van der Waals surface area contributed by atoms with Crippen LogP contribution in [0.1, 0.15) is 19.4 Å². The van der Waals surface area contributed by atoms with Crippen LogP contribution in [0.4, 0.5) is 5.69 Å². The monoisotopic (exact) mass is 529 g/mol. The maximum absolute atomic E-state index is 12.0. The highest BCUT2D eigenvalue weighted by Crippen LogP contribution is 2.49. The molecule has 1 atom stereocenters. The summed E-state index contributed by atoms with van der Waals surface area (Å²) in [5, 5.41) is -1.03. The fourth-order valence-corrected chi connectivity index (χ4v) is 6.72. The first-order valence-corrected chi connectivity index (χ1v) is 14.2. The Labute approximate surface area is 182 Å². The molecule has 176 valence electrons. The van der Waals surface area contributed by atoms with Crippen LogP contribution in [0.2, 0.25) is 0 Å². The second-order valence-corrected chi connectivity index (χ2v) is 12.9. The molecule has 1 aliphatic rings. The summed E-state index contributed by atoms with van der Waals surface area (Å²) in [5.41, 5.74) is -2.80. The molecule has 2 aromatic rings. The summed E-state index contributed by atoms with van der Waals surface area (Å²) in [5.74, 6) is -1.08. The molecule has 1 aliphatic heterocycles. The van der Waals surface area contributed by atoms with E-state index in [1.54, 1.807) is 0 Å². The summed E-state index contributed by atoms with van der Waals surface area (Å²) in [4.78, 5) is 0.852. The minimum absolute atomic E-state index is 0.0758. The summed E-state index contributed by atoms with van der Waals surface area (Å²) in [7, 11) is -20.2. The van der Waals surface area contributed by atoms with Gasteiger partial charge in [-0.15, -0.1) is 0 Å². The number of rotatable bonds is 5. The Balaban J connectivity index is 2.72.